The average molecular weight is 155 g/mol. The highest BCUT2D eigenvalue weighted by molar-refractivity contribution is 5.96. The lowest BCUT2D eigenvalue weighted by Crippen LogP contribution is -2.36. The number of hydrogen-bond donors (Lipinski definition) is 1. The molecule has 60 valence electrons. The van der Waals surface area contributed by atoms with Gasteiger partial charge in [-0.2, -0.15) is 0 Å². The van der Waals surface area contributed by atoms with Crippen molar-refractivity contribution in [3.05, 3.63) is 12.7 Å². The van der Waals surface area contributed by atoms with Gasteiger partial charge in [-0.1, -0.05) is 6.58 Å². The summed E-state index contributed by atoms with van der Waals surface area (Å²) < 4.78 is 0. The van der Waals surface area contributed by atoms with Crippen LogP contribution in [0.15, 0.2) is 17.6 Å². The highest BCUT2D eigenvalue weighted by atomic mass is 16.3. The Kier molecular flexibility index (Phi) is 3.37. The van der Waals surface area contributed by atoms with E-state index in [2.05, 4.69) is 11.6 Å². The second-order valence-electron chi connectivity index (χ2n) is 2.25. The van der Waals surface area contributed by atoms with E-state index in [1.165, 1.54) is 13.0 Å². The molecule has 1 N–H and O–H groups in total. The van der Waals surface area contributed by atoms with Crippen LogP contribution >= 0.6 is 0 Å². The van der Waals surface area contributed by atoms with Gasteiger partial charge in [0.05, 0.1) is 6.54 Å². The number of hydrogen-bond acceptors (Lipinski definition) is 4. The summed E-state index contributed by atoms with van der Waals surface area (Å²) in [5.74, 6) is -0.559. The van der Waals surface area contributed by atoms with Crippen LogP contribution in [0.3, 0.4) is 0 Å². The van der Waals surface area contributed by atoms with Crippen molar-refractivity contribution < 1.29 is 14.7 Å². The Hall–Kier alpha value is -1.25. The van der Waals surface area contributed by atoms with E-state index in [1.54, 1.807) is 0 Å². The fraction of sp³-hybridized carbons (Fsp3) is 0.429. The Balaban J connectivity index is 4.31. The molecule has 0 amide bonds. The largest absolute Gasteiger partial charge is 0.380 e. The van der Waals surface area contributed by atoms with Crippen molar-refractivity contribution in [3.8, 4) is 0 Å². The fourth-order valence-electron chi connectivity index (χ4n) is 0.484. The average Bonchev–Trinajstić information content (AvgIpc) is 1.99. The standard InChI is InChI=1S/C7H9NO3/c1-3-6(10)7(2,11)4-8-5-9/h3,11H,1,4H2,2H3. The van der Waals surface area contributed by atoms with Crippen molar-refractivity contribution in [2.75, 3.05) is 6.54 Å². The smallest absolute Gasteiger partial charge is 0.235 e. The molecule has 0 aromatic heterocycles. The van der Waals surface area contributed by atoms with Crippen molar-refractivity contribution >= 4 is 11.9 Å². The lowest BCUT2D eigenvalue weighted by molar-refractivity contribution is -0.129. The highest BCUT2D eigenvalue weighted by Crippen LogP contribution is 2.05. The van der Waals surface area contributed by atoms with Gasteiger partial charge in [0.15, 0.2) is 5.78 Å². The zero-order valence-corrected chi connectivity index (χ0v) is 6.20. The molecule has 0 bridgehead atoms. The second kappa shape index (κ2) is 3.81. The maximum atomic E-state index is 10.8. The minimum Gasteiger partial charge on any atom is -0.380 e. The lowest BCUT2D eigenvalue weighted by Gasteiger charge is -2.15. The minimum atomic E-state index is -1.63. The van der Waals surface area contributed by atoms with Gasteiger partial charge in [-0.15, -0.1) is 0 Å². The van der Waals surface area contributed by atoms with E-state index in [0.29, 0.717) is 0 Å². The molecule has 0 spiro atoms. The van der Waals surface area contributed by atoms with Crippen LogP contribution in [0.1, 0.15) is 6.92 Å². The first-order valence-corrected chi connectivity index (χ1v) is 2.97. The van der Waals surface area contributed by atoms with Crippen molar-refractivity contribution in [1.82, 2.24) is 0 Å². The summed E-state index contributed by atoms with van der Waals surface area (Å²) in [7, 11) is 0. The minimum absolute atomic E-state index is 0.276. The van der Waals surface area contributed by atoms with Gasteiger partial charge in [0.2, 0.25) is 6.08 Å². The van der Waals surface area contributed by atoms with E-state index in [1.807, 2.05) is 0 Å². The molecule has 0 aliphatic carbocycles. The van der Waals surface area contributed by atoms with Crippen LogP contribution in [0.2, 0.25) is 0 Å². The third-order valence-corrected chi connectivity index (χ3v) is 1.17. The van der Waals surface area contributed by atoms with Crippen LogP contribution < -0.4 is 0 Å². The van der Waals surface area contributed by atoms with Crippen molar-refractivity contribution in [3.63, 3.8) is 0 Å². The number of rotatable bonds is 4. The first-order valence-electron chi connectivity index (χ1n) is 2.97. The first-order chi connectivity index (χ1) is 5.04. The quantitative estimate of drug-likeness (QED) is 0.348. The number of carbonyl (C=O) groups excluding carboxylic acids is 2. The SMILES string of the molecule is C=CC(=O)C(C)(O)CN=C=O. The van der Waals surface area contributed by atoms with E-state index in [4.69, 9.17) is 0 Å². The number of ketones is 1. The number of carbonyl (C=O) groups is 1. The summed E-state index contributed by atoms with van der Waals surface area (Å²) in [5.41, 5.74) is -1.63. The second-order valence-corrected chi connectivity index (χ2v) is 2.25. The fourth-order valence-corrected chi connectivity index (χ4v) is 0.484. The molecule has 4 nitrogen and oxygen atoms in total. The molecule has 0 aromatic rings. The Bertz CT molecular complexity index is 214. The maximum absolute atomic E-state index is 10.8. The molecule has 1 atom stereocenters. The zero-order chi connectivity index (χ0) is 8.91. The van der Waals surface area contributed by atoms with Gasteiger partial charge in [0.25, 0.3) is 0 Å². The summed E-state index contributed by atoms with van der Waals surface area (Å²) in [5, 5.41) is 9.22. The molecule has 0 aromatic carbocycles. The van der Waals surface area contributed by atoms with Gasteiger partial charge < -0.3 is 5.11 Å². The predicted octanol–water partition coefficient (Wildman–Crippen LogP) is -0.172. The van der Waals surface area contributed by atoms with E-state index < -0.39 is 11.4 Å². The summed E-state index contributed by atoms with van der Waals surface area (Å²) in [6.45, 7) is 4.17. The van der Waals surface area contributed by atoms with E-state index in [-0.39, 0.29) is 6.54 Å². The van der Waals surface area contributed by atoms with Crippen LogP contribution in [0.4, 0.5) is 0 Å². The van der Waals surface area contributed by atoms with Gasteiger partial charge >= 0.3 is 0 Å². The molecule has 4 heteroatoms. The third-order valence-electron chi connectivity index (χ3n) is 1.17. The summed E-state index contributed by atoms with van der Waals surface area (Å²) in [6.07, 6.45) is 2.22. The first kappa shape index (κ1) is 9.75. The summed E-state index contributed by atoms with van der Waals surface area (Å²) >= 11 is 0. The molecule has 11 heavy (non-hydrogen) atoms. The number of nitrogens with zero attached hydrogens (tertiary/aromatic N) is 1. The molecular weight excluding hydrogens is 146 g/mol. The highest BCUT2D eigenvalue weighted by Gasteiger charge is 2.26. The van der Waals surface area contributed by atoms with Crippen molar-refractivity contribution in [2.24, 2.45) is 4.99 Å². The lowest BCUT2D eigenvalue weighted by atomic mass is 10.0. The summed E-state index contributed by atoms with van der Waals surface area (Å²) in [4.78, 5) is 23.5. The van der Waals surface area contributed by atoms with Gasteiger partial charge in [-0.3, -0.25) is 4.79 Å². The summed E-state index contributed by atoms with van der Waals surface area (Å²) in [6, 6.07) is 0. The Morgan fingerprint density at radius 1 is 1.91 bits per heavy atom. The number of aliphatic imine (C=N–C) groups is 1. The Labute approximate surface area is 64.3 Å². The zero-order valence-electron chi connectivity index (χ0n) is 6.20. The van der Waals surface area contributed by atoms with Crippen LogP contribution in [-0.4, -0.2) is 29.1 Å². The van der Waals surface area contributed by atoms with Crippen molar-refractivity contribution in [2.45, 2.75) is 12.5 Å². The van der Waals surface area contributed by atoms with Gasteiger partial charge in [-0.05, 0) is 13.0 Å². The Morgan fingerprint density at radius 3 is 2.82 bits per heavy atom. The molecular formula is C7H9NO3. The topological polar surface area (TPSA) is 66.7 Å². The van der Waals surface area contributed by atoms with Gasteiger partial charge in [-0.25, -0.2) is 9.79 Å². The van der Waals surface area contributed by atoms with Crippen molar-refractivity contribution in [1.29, 1.82) is 0 Å². The monoisotopic (exact) mass is 155 g/mol. The molecule has 0 saturated heterocycles. The molecule has 0 aliphatic rings. The molecule has 0 aliphatic heterocycles. The van der Waals surface area contributed by atoms with E-state index >= 15 is 0 Å². The molecule has 1 unspecified atom stereocenters. The van der Waals surface area contributed by atoms with E-state index in [9.17, 15) is 14.7 Å². The normalized spacial score (nSPS) is 14.4. The molecule has 0 heterocycles. The number of aliphatic hydroxyl groups is 1. The van der Waals surface area contributed by atoms with E-state index in [0.717, 1.165) is 6.08 Å². The number of isocyanates is 1. The molecule has 0 saturated carbocycles. The molecule has 0 radical (unpaired) electrons. The third kappa shape index (κ3) is 2.89. The molecule has 0 rings (SSSR count). The molecule has 0 fully saturated rings. The Morgan fingerprint density at radius 2 is 2.45 bits per heavy atom. The predicted molar refractivity (Wildman–Crippen MR) is 38.8 cm³/mol. The van der Waals surface area contributed by atoms with Crippen LogP contribution in [-0.2, 0) is 9.59 Å². The van der Waals surface area contributed by atoms with Crippen LogP contribution in [0.25, 0.3) is 0 Å². The van der Waals surface area contributed by atoms with Crippen LogP contribution in [0, 0.1) is 0 Å². The maximum Gasteiger partial charge on any atom is 0.235 e. The van der Waals surface area contributed by atoms with Gasteiger partial charge in [0, 0.05) is 0 Å². The van der Waals surface area contributed by atoms with Gasteiger partial charge in [0.1, 0.15) is 5.60 Å². The van der Waals surface area contributed by atoms with Crippen LogP contribution in [0.5, 0.6) is 0 Å².